The summed E-state index contributed by atoms with van der Waals surface area (Å²) in [5, 5.41) is 9.49. The molecule has 0 amide bonds. The summed E-state index contributed by atoms with van der Waals surface area (Å²) in [6.45, 7) is 14.7. The van der Waals surface area contributed by atoms with Gasteiger partial charge in [0.05, 0.1) is 25.1 Å². The maximum atomic E-state index is 11.9. The summed E-state index contributed by atoms with van der Waals surface area (Å²) in [7, 11) is 0. The molecule has 5 heteroatoms. The molecule has 0 heterocycles. The summed E-state index contributed by atoms with van der Waals surface area (Å²) in [6, 6.07) is 0. The van der Waals surface area contributed by atoms with E-state index in [1.54, 1.807) is 0 Å². The molecule has 0 bridgehead atoms. The fourth-order valence-corrected chi connectivity index (χ4v) is 5.91. The van der Waals surface area contributed by atoms with Crippen molar-refractivity contribution in [2.75, 3.05) is 32.8 Å². The van der Waals surface area contributed by atoms with E-state index in [2.05, 4.69) is 32.3 Å². The molecular weight excluding hydrogens is 546 g/mol. The van der Waals surface area contributed by atoms with Crippen LogP contribution in [0.2, 0.25) is 0 Å². The minimum Gasteiger partial charge on any atom is -0.495 e. The minimum atomic E-state index is -0.0210. The van der Waals surface area contributed by atoms with Gasteiger partial charge in [-0.3, -0.25) is 4.79 Å². The number of hydrogen-bond donors (Lipinski definition) is 1. The lowest BCUT2D eigenvalue weighted by Gasteiger charge is -2.21. The van der Waals surface area contributed by atoms with Gasteiger partial charge in [0, 0.05) is 19.4 Å². The Bertz CT molecular complexity index is 611. The zero-order valence-electron chi connectivity index (χ0n) is 30.0. The number of carbonyl (C=O) groups excluding carboxylic acids is 1. The number of aliphatic hydroxyl groups is 1. The lowest BCUT2D eigenvalue weighted by Crippen LogP contribution is -2.29. The highest BCUT2D eigenvalue weighted by atomic mass is 16.5. The number of ether oxygens (including phenoxy) is 2. The first kappa shape index (κ1) is 42.9. The zero-order chi connectivity index (χ0) is 32.4. The van der Waals surface area contributed by atoms with Gasteiger partial charge in [0.25, 0.3) is 0 Å². The Kier molecular flexibility index (Phi) is 34.0. The number of carbonyl (C=O) groups is 1. The van der Waals surface area contributed by atoms with Crippen LogP contribution in [0.25, 0.3) is 0 Å². The average Bonchev–Trinajstić information content (AvgIpc) is 3.02. The summed E-state index contributed by atoms with van der Waals surface area (Å²) >= 11 is 0. The molecule has 0 aliphatic carbocycles. The van der Waals surface area contributed by atoms with Crippen molar-refractivity contribution >= 4 is 5.97 Å². The summed E-state index contributed by atoms with van der Waals surface area (Å²) in [6.07, 6.45) is 32.6. The Labute approximate surface area is 275 Å². The van der Waals surface area contributed by atoms with Gasteiger partial charge in [-0.05, 0) is 64.5 Å². The first-order chi connectivity index (χ1) is 21.6. The minimum absolute atomic E-state index is 0.0210. The Balaban J connectivity index is 3.68. The maximum Gasteiger partial charge on any atom is 0.305 e. The van der Waals surface area contributed by atoms with Gasteiger partial charge >= 0.3 is 5.97 Å². The van der Waals surface area contributed by atoms with Gasteiger partial charge in [-0.2, -0.15) is 0 Å². The van der Waals surface area contributed by atoms with Crippen LogP contribution < -0.4 is 0 Å². The van der Waals surface area contributed by atoms with Crippen molar-refractivity contribution in [3.63, 3.8) is 0 Å². The number of allylic oxidation sites excluding steroid dienone is 1. The summed E-state index contributed by atoms with van der Waals surface area (Å²) in [4.78, 5) is 14.4. The lowest BCUT2D eigenvalue weighted by atomic mass is 10.1. The molecule has 1 atom stereocenters. The van der Waals surface area contributed by atoms with Crippen LogP contribution in [-0.2, 0) is 14.3 Å². The number of rotatable bonds is 36. The van der Waals surface area contributed by atoms with Crippen molar-refractivity contribution in [1.29, 1.82) is 0 Å². The van der Waals surface area contributed by atoms with Gasteiger partial charge in [-0.1, -0.05) is 137 Å². The van der Waals surface area contributed by atoms with Gasteiger partial charge < -0.3 is 19.5 Å². The van der Waals surface area contributed by atoms with Gasteiger partial charge in [0.2, 0.25) is 0 Å². The van der Waals surface area contributed by atoms with Crippen molar-refractivity contribution in [3.05, 3.63) is 12.3 Å². The molecule has 0 aliphatic rings. The number of esters is 1. The standard InChI is InChI=1S/C39H77NO4/c1-5-8-10-12-14-22-28-36-43-39(42)31-25-19-16-21-27-33-40(34-35-41)32-26-20-15-17-23-29-37(4)44-38(7-3)30-24-18-13-11-9-6-2/h38,41H,4-36H2,1-3H3. The Morgan fingerprint density at radius 2 is 1.09 bits per heavy atom. The third kappa shape index (κ3) is 30.9. The highest BCUT2D eigenvalue weighted by molar-refractivity contribution is 5.69. The molecule has 0 radical (unpaired) electrons. The second kappa shape index (κ2) is 34.8. The van der Waals surface area contributed by atoms with E-state index in [1.807, 2.05) is 0 Å². The topological polar surface area (TPSA) is 59.0 Å². The van der Waals surface area contributed by atoms with Crippen LogP contribution in [0.15, 0.2) is 12.3 Å². The van der Waals surface area contributed by atoms with Gasteiger partial charge in [-0.25, -0.2) is 0 Å². The first-order valence-corrected chi connectivity index (χ1v) is 19.4. The van der Waals surface area contributed by atoms with E-state index in [4.69, 9.17) is 9.47 Å². The van der Waals surface area contributed by atoms with Crippen molar-refractivity contribution in [2.45, 2.75) is 200 Å². The average molecular weight is 624 g/mol. The van der Waals surface area contributed by atoms with Gasteiger partial charge in [-0.15, -0.1) is 0 Å². The molecule has 44 heavy (non-hydrogen) atoms. The van der Waals surface area contributed by atoms with E-state index in [0.717, 1.165) is 57.5 Å². The van der Waals surface area contributed by atoms with Crippen molar-refractivity contribution in [2.24, 2.45) is 0 Å². The Morgan fingerprint density at radius 1 is 0.614 bits per heavy atom. The highest BCUT2D eigenvalue weighted by Gasteiger charge is 2.09. The molecule has 0 saturated carbocycles. The molecule has 262 valence electrons. The fraction of sp³-hybridized carbons (Fsp3) is 0.923. The number of nitrogens with zero attached hydrogens (tertiary/aromatic N) is 1. The third-order valence-corrected chi connectivity index (χ3v) is 8.88. The maximum absolute atomic E-state index is 11.9. The number of hydrogen-bond acceptors (Lipinski definition) is 5. The molecule has 0 saturated heterocycles. The summed E-state index contributed by atoms with van der Waals surface area (Å²) < 4.78 is 11.6. The Hall–Kier alpha value is -1.07. The molecule has 5 nitrogen and oxygen atoms in total. The largest absolute Gasteiger partial charge is 0.495 e. The van der Waals surface area contributed by atoms with Crippen LogP contribution in [-0.4, -0.2) is 54.9 Å². The molecule has 0 aromatic rings. The van der Waals surface area contributed by atoms with Gasteiger partial charge in [0.15, 0.2) is 0 Å². The predicted molar refractivity (Wildman–Crippen MR) is 190 cm³/mol. The molecule has 0 fully saturated rings. The summed E-state index contributed by atoms with van der Waals surface area (Å²) in [5.74, 6) is 0.961. The monoisotopic (exact) mass is 624 g/mol. The van der Waals surface area contributed by atoms with E-state index < -0.39 is 0 Å². The zero-order valence-corrected chi connectivity index (χ0v) is 30.0. The molecular formula is C39H77NO4. The van der Waals surface area contributed by atoms with Gasteiger partial charge in [0.1, 0.15) is 0 Å². The van der Waals surface area contributed by atoms with Crippen LogP contribution in [0.5, 0.6) is 0 Å². The molecule has 1 N–H and O–H groups in total. The second-order valence-electron chi connectivity index (χ2n) is 13.2. The fourth-order valence-electron chi connectivity index (χ4n) is 5.91. The van der Waals surface area contributed by atoms with Crippen LogP contribution >= 0.6 is 0 Å². The molecule has 0 aromatic carbocycles. The number of aliphatic hydroxyl groups excluding tert-OH is 1. The van der Waals surface area contributed by atoms with E-state index in [-0.39, 0.29) is 12.6 Å². The SMILES string of the molecule is C=C(CCCCCCCN(CCO)CCCCCCCC(=O)OCCCCCCCCC)OC(CC)CCCCCCCC. The van der Waals surface area contributed by atoms with Crippen molar-refractivity contribution < 1.29 is 19.4 Å². The van der Waals surface area contributed by atoms with Crippen LogP contribution in [0.4, 0.5) is 0 Å². The van der Waals surface area contributed by atoms with E-state index >= 15 is 0 Å². The Morgan fingerprint density at radius 3 is 1.64 bits per heavy atom. The highest BCUT2D eigenvalue weighted by Crippen LogP contribution is 2.18. The van der Waals surface area contributed by atoms with E-state index in [1.165, 1.54) is 135 Å². The van der Waals surface area contributed by atoms with Crippen LogP contribution in [0.1, 0.15) is 194 Å². The quantitative estimate of drug-likeness (QED) is 0.0427. The van der Waals surface area contributed by atoms with E-state index in [0.29, 0.717) is 19.1 Å². The van der Waals surface area contributed by atoms with Crippen molar-refractivity contribution in [3.8, 4) is 0 Å². The molecule has 1 unspecified atom stereocenters. The number of unbranched alkanes of at least 4 members (excludes halogenated alkanes) is 19. The van der Waals surface area contributed by atoms with Crippen LogP contribution in [0, 0.1) is 0 Å². The smallest absolute Gasteiger partial charge is 0.305 e. The summed E-state index contributed by atoms with van der Waals surface area (Å²) in [5.41, 5.74) is 0. The van der Waals surface area contributed by atoms with Crippen LogP contribution in [0.3, 0.4) is 0 Å². The third-order valence-electron chi connectivity index (χ3n) is 8.88. The predicted octanol–water partition coefficient (Wildman–Crippen LogP) is 11.3. The lowest BCUT2D eigenvalue weighted by molar-refractivity contribution is -0.143. The molecule has 0 spiro atoms. The molecule has 0 rings (SSSR count). The first-order valence-electron chi connectivity index (χ1n) is 19.4. The molecule has 0 aliphatic heterocycles. The van der Waals surface area contributed by atoms with E-state index in [9.17, 15) is 9.90 Å². The normalized spacial score (nSPS) is 12.1. The second-order valence-corrected chi connectivity index (χ2v) is 13.2. The van der Waals surface area contributed by atoms with Crippen molar-refractivity contribution in [1.82, 2.24) is 4.90 Å². The molecule has 0 aromatic heterocycles.